The Morgan fingerprint density at radius 1 is 1.33 bits per heavy atom. The van der Waals surface area contributed by atoms with Gasteiger partial charge in [-0.3, -0.25) is 9.59 Å². The molecule has 0 saturated carbocycles. The summed E-state index contributed by atoms with van der Waals surface area (Å²) in [7, 11) is 0. The third kappa shape index (κ3) is 4.18. The molecule has 2 aromatic rings. The molecule has 1 saturated heterocycles. The number of halogens is 1. The lowest BCUT2D eigenvalue weighted by atomic mass is 10.0. The number of aryl methyl sites for hydroxylation is 1. The van der Waals surface area contributed by atoms with Crippen molar-refractivity contribution in [1.82, 2.24) is 14.8 Å². The van der Waals surface area contributed by atoms with Gasteiger partial charge in [-0.25, -0.2) is 9.37 Å². The van der Waals surface area contributed by atoms with Crippen LogP contribution in [0.4, 0.5) is 4.39 Å². The molecule has 1 atom stereocenters. The Balaban J connectivity index is 1.83. The maximum atomic E-state index is 13.2. The van der Waals surface area contributed by atoms with Crippen molar-refractivity contribution in [2.45, 2.75) is 39.8 Å². The number of hydrogen-bond acceptors (Lipinski definition) is 4. The molecule has 1 aromatic carbocycles. The zero-order valence-electron chi connectivity index (χ0n) is 15.8. The Bertz CT molecular complexity index is 816. The van der Waals surface area contributed by atoms with Crippen molar-refractivity contribution in [3.63, 3.8) is 0 Å². The molecule has 1 aliphatic rings. The predicted octanol–water partition coefficient (Wildman–Crippen LogP) is 3.02. The number of nitrogens with zero attached hydrogens (tertiary/aromatic N) is 3. The van der Waals surface area contributed by atoms with E-state index in [4.69, 9.17) is 4.42 Å². The van der Waals surface area contributed by atoms with E-state index < -0.39 is 0 Å². The predicted molar refractivity (Wildman–Crippen MR) is 97.3 cm³/mol. The van der Waals surface area contributed by atoms with Crippen LogP contribution in [0.3, 0.4) is 0 Å². The van der Waals surface area contributed by atoms with E-state index in [-0.39, 0.29) is 41.8 Å². The number of aromatic nitrogens is 1. The smallest absolute Gasteiger partial charge is 0.291 e. The fourth-order valence-corrected chi connectivity index (χ4v) is 3.37. The lowest BCUT2D eigenvalue weighted by Crippen LogP contribution is -2.47. The highest BCUT2D eigenvalue weighted by Crippen LogP contribution is 2.22. The Kier molecular flexibility index (Phi) is 5.58. The SMILES string of the molecule is Cc1ncoc1C(=O)N1CCC(=O)N(Cc2ccc(F)cc2)[C@@H](C(C)C)C1. The second-order valence-corrected chi connectivity index (χ2v) is 7.23. The van der Waals surface area contributed by atoms with Gasteiger partial charge in [0, 0.05) is 26.1 Å². The van der Waals surface area contributed by atoms with Crippen LogP contribution in [0.1, 0.15) is 42.1 Å². The third-order valence-electron chi connectivity index (χ3n) is 4.99. The van der Waals surface area contributed by atoms with Gasteiger partial charge in [-0.1, -0.05) is 26.0 Å². The quantitative estimate of drug-likeness (QED) is 0.826. The van der Waals surface area contributed by atoms with Crippen LogP contribution in [0.25, 0.3) is 0 Å². The van der Waals surface area contributed by atoms with Crippen LogP contribution >= 0.6 is 0 Å². The van der Waals surface area contributed by atoms with Gasteiger partial charge in [-0.2, -0.15) is 0 Å². The van der Waals surface area contributed by atoms with E-state index in [2.05, 4.69) is 4.98 Å². The van der Waals surface area contributed by atoms with E-state index in [1.54, 1.807) is 28.9 Å². The van der Waals surface area contributed by atoms with Crippen LogP contribution < -0.4 is 0 Å². The van der Waals surface area contributed by atoms with Crippen molar-refractivity contribution in [3.8, 4) is 0 Å². The Hall–Kier alpha value is -2.70. The first-order chi connectivity index (χ1) is 12.9. The maximum Gasteiger partial charge on any atom is 0.291 e. The molecule has 1 aromatic heterocycles. The van der Waals surface area contributed by atoms with Gasteiger partial charge >= 0.3 is 0 Å². The standard InChI is InChI=1S/C20H24FN3O3/c1-13(2)17-11-23(20(26)19-14(3)22-12-27-19)9-8-18(25)24(17)10-15-4-6-16(21)7-5-15/h4-7,12-13,17H,8-11H2,1-3H3/t17-/m1/s1. The van der Waals surface area contributed by atoms with Gasteiger partial charge < -0.3 is 14.2 Å². The molecule has 0 aliphatic carbocycles. The summed E-state index contributed by atoms with van der Waals surface area (Å²) in [6, 6.07) is 6.02. The molecule has 3 rings (SSSR count). The number of carbonyl (C=O) groups excluding carboxylic acids is 2. The molecule has 6 nitrogen and oxygen atoms in total. The minimum atomic E-state index is -0.305. The molecule has 27 heavy (non-hydrogen) atoms. The van der Waals surface area contributed by atoms with Gasteiger partial charge in [0.1, 0.15) is 5.82 Å². The summed E-state index contributed by atoms with van der Waals surface area (Å²) in [5.41, 5.74) is 1.40. The highest BCUT2D eigenvalue weighted by atomic mass is 19.1. The molecule has 0 radical (unpaired) electrons. The van der Waals surface area contributed by atoms with E-state index in [1.165, 1.54) is 18.5 Å². The van der Waals surface area contributed by atoms with Crippen molar-refractivity contribution < 1.29 is 18.4 Å². The second-order valence-electron chi connectivity index (χ2n) is 7.23. The third-order valence-corrected chi connectivity index (χ3v) is 4.99. The van der Waals surface area contributed by atoms with E-state index in [0.717, 1.165) is 5.56 Å². The van der Waals surface area contributed by atoms with Crippen LogP contribution in [0.15, 0.2) is 35.1 Å². The topological polar surface area (TPSA) is 66.7 Å². The van der Waals surface area contributed by atoms with Crippen LogP contribution in [0, 0.1) is 18.7 Å². The zero-order valence-corrected chi connectivity index (χ0v) is 15.8. The first kappa shape index (κ1) is 19.1. The van der Waals surface area contributed by atoms with Crippen LogP contribution in [-0.2, 0) is 11.3 Å². The fourth-order valence-electron chi connectivity index (χ4n) is 3.37. The highest BCUT2D eigenvalue weighted by Gasteiger charge is 2.34. The van der Waals surface area contributed by atoms with Gasteiger partial charge in [0.05, 0.1) is 11.7 Å². The van der Waals surface area contributed by atoms with Gasteiger partial charge in [-0.05, 0) is 30.5 Å². The summed E-state index contributed by atoms with van der Waals surface area (Å²) in [5, 5.41) is 0. The molecular weight excluding hydrogens is 349 g/mol. The summed E-state index contributed by atoms with van der Waals surface area (Å²) < 4.78 is 18.4. The number of carbonyl (C=O) groups is 2. The highest BCUT2D eigenvalue weighted by molar-refractivity contribution is 5.93. The minimum Gasteiger partial charge on any atom is -0.438 e. The summed E-state index contributed by atoms with van der Waals surface area (Å²) in [6.45, 7) is 6.93. The lowest BCUT2D eigenvalue weighted by molar-refractivity contribution is -0.134. The number of rotatable bonds is 4. The molecule has 144 valence electrons. The molecule has 1 fully saturated rings. The summed E-state index contributed by atoms with van der Waals surface area (Å²) in [5.74, 6) is -0.189. The van der Waals surface area contributed by atoms with Crippen molar-refractivity contribution in [2.24, 2.45) is 5.92 Å². The zero-order chi connectivity index (χ0) is 19.6. The molecule has 7 heteroatoms. The Labute approximate surface area is 158 Å². The Morgan fingerprint density at radius 2 is 2.04 bits per heavy atom. The molecule has 0 spiro atoms. The van der Waals surface area contributed by atoms with E-state index in [9.17, 15) is 14.0 Å². The van der Waals surface area contributed by atoms with Crippen molar-refractivity contribution in [2.75, 3.05) is 13.1 Å². The van der Waals surface area contributed by atoms with E-state index >= 15 is 0 Å². The molecular formula is C20H24FN3O3. The molecule has 2 amide bonds. The first-order valence-electron chi connectivity index (χ1n) is 9.10. The van der Waals surface area contributed by atoms with Crippen molar-refractivity contribution in [3.05, 3.63) is 53.5 Å². The molecule has 0 bridgehead atoms. The normalized spacial score (nSPS) is 18.1. The summed E-state index contributed by atoms with van der Waals surface area (Å²) >= 11 is 0. The van der Waals surface area contributed by atoms with E-state index in [1.807, 2.05) is 13.8 Å². The van der Waals surface area contributed by atoms with Crippen molar-refractivity contribution >= 4 is 11.8 Å². The fraction of sp³-hybridized carbons (Fsp3) is 0.450. The molecule has 0 N–H and O–H groups in total. The summed E-state index contributed by atoms with van der Waals surface area (Å²) in [4.78, 5) is 33.1. The monoisotopic (exact) mass is 373 g/mol. The summed E-state index contributed by atoms with van der Waals surface area (Å²) in [6.07, 6.45) is 1.50. The van der Waals surface area contributed by atoms with Crippen LogP contribution in [0.2, 0.25) is 0 Å². The minimum absolute atomic E-state index is 0.0115. The van der Waals surface area contributed by atoms with E-state index in [0.29, 0.717) is 25.3 Å². The average molecular weight is 373 g/mol. The van der Waals surface area contributed by atoms with Crippen molar-refractivity contribution in [1.29, 1.82) is 0 Å². The number of benzene rings is 1. The molecule has 2 heterocycles. The average Bonchev–Trinajstić information content (AvgIpc) is 2.99. The van der Waals surface area contributed by atoms with Gasteiger partial charge in [0.2, 0.25) is 11.7 Å². The number of oxazole rings is 1. The Morgan fingerprint density at radius 3 is 2.63 bits per heavy atom. The molecule has 1 aliphatic heterocycles. The molecule has 0 unspecified atom stereocenters. The van der Waals surface area contributed by atoms with Gasteiger partial charge in [0.25, 0.3) is 5.91 Å². The van der Waals surface area contributed by atoms with Crippen LogP contribution in [0.5, 0.6) is 0 Å². The number of amides is 2. The maximum absolute atomic E-state index is 13.2. The van der Waals surface area contributed by atoms with Crippen LogP contribution in [-0.4, -0.2) is 45.7 Å². The lowest BCUT2D eigenvalue weighted by Gasteiger charge is -2.34. The largest absolute Gasteiger partial charge is 0.438 e. The second kappa shape index (κ2) is 7.90. The first-order valence-corrected chi connectivity index (χ1v) is 9.10. The number of hydrogen-bond donors (Lipinski definition) is 0. The van der Waals surface area contributed by atoms with Gasteiger partial charge in [-0.15, -0.1) is 0 Å². The van der Waals surface area contributed by atoms with Gasteiger partial charge in [0.15, 0.2) is 6.39 Å².